The maximum Gasteiger partial charge on any atom is 0.294 e. The van der Waals surface area contributed by atoms with Crippen LogP contribution in [-0.4, -0.2) is 24.7 Å². The number of ether oxygens (including phenoxy) is 1. The molecule has 0 aromatic heterocycles. The van der Waals surface area contributed by atoms with Crippen molar-refractivity contribution < 1.29 is 14.1 Å². The van der Waals surface area contributed by atoms with Crippen molar-refractivity contribution in [1.82, 2.24) is 0 Å². The maximum atomic E-state index is 13.3. The van der Waals surface area contributed by atoms with Gasteiger partial charge in [0.2, 0.25) is 0 Å². The summed E-state index contributed by atoms with van der Waals surface area (Å²) < 4.78 is 18.5. The molecule has 7 heteroatoms. The highest BCUT2D eigenvalue weighted by Gasteiger charge is 2.20. The van der Waals surface area contributed by atoms with E-state index in [1.807, 2.05) is 0 Å². The third-order valence-electron chi connectivity index (χ3n) is 2.84. The molecule has 1 N–H and O–H groups in total. The van der Waals surface area contributed by atoms with Crippen LogP contribution in [-0.2, 0) is 4.74 Å². The highest BCUT2D eigenvalue weighted by atomic mass is 35.5. The van der Waals surface area contributed by atoms with Gasteiger partial charge in [0.1, 0.15) is 11.5 Å². The molecule has 18 heavy (non-hydrogen) atoms. The van der Waals surface area contributed by atoms with E-state index in [0.29, 0.717) is 25.7 Å². The van der Waals surface area contributed by atoms with E-state index >= 15 is 0 Å². The molecule has 1 atom stereocenters. The quantitative estimate of drug-likeness (QED) is 0.677. The first-order chi connectivity index (χ1) is 8.58. The van der Waals surface area contributed by atoms with Gasteiger partial charge in [-0.2, -0.15) is 0 Å². The second kappa shape index (κ2) is 5.49. The third kappa shape index (κ3) is 2.88. The van der Waals surface area contributed by atoms with Gasteiger partial charge in [-0.1, -0.05) is 11.6 Å². The number of nitro benzene ring substituents is 1. The Balaban J connectivity index is 2.14. The average Bonchev–Trinajstić information content (AvgIpc) is 2.83. The summed E-state index contributed by atoms with van der Waals surface area (Å²) in [5, 5.41) is 13.5. The number of benzene rings is 1. The normalized spacial score (nSPS) is 18.9. The number of hydrogen-bond acceptors (Lipinski definition) is 4. The highest BCUT2D eigenvalue weighted by Crippen LogP contribution is 2.30. The Morgan fingerprint density at radius 2 is 2.39 bits per heavy atom. The summed E-state index contributed by atoms with van der Waals surface area (Å²) in [6.45, 7) is 1.84. The van der Waals surface area contributed by atoms with Crippen LogP contribution in [0.15, 0.2) is 12.1 Å². The second-order valence-corrected chi connectivity index (χ2v) is 4.56. The minimum atomic E-state index is -0.674. The molecule has 1 saturated heterocycles. The van der Waals surface area contributed by atoms with Crippen LogP contribution in [0.4, 0.5) is 15.8 Å². The fraction of sp³-hybridized carbons (Fsp3) is 0.455. The van der Waals surface area contributed by atoms with E-state index in [9.17, 15) is 14.5 Å². The van der Waals surface area contributed by atoms with E-state index in [1.165, 1.54) is 0 Å². The van der Waals surface area contributed by atoms with Crippen LogP contribution < -0.4 is 5.32 Å². The summed E-state index contributed by atoms with van der Waals surface area (Å²) >= 11 is 5.53. The van der Waals surface area contributed by atoms with Crippen molar-refractivity contribution in [2.45, 2.75) is 6.42 Å². The van der Waals surface area contributed by atoms with Crippen LogP contribution in [0.2, 0.25) is 5.02 Å². The molecule has 1 fully saturated rings. The van der Waals surface area contributed by atoms with Gasteiger partial charge in [-0.15, -0.1) is 0 Å². The van der Waals surface area contributed by atoms with Gasteiger partial charge in [0.05, 0.1) is 16.6 Å². The highest BCUT2D eigenvalue weighted by molar-refractivity contribution is 6.31. The number of nitrogens with one attached hydrogen (secondary N) is 1. The lowest BCUT2D eigenvalue weighted by molar-refractivity contribution is -0.384. The number of anilines is 1. The van der Waals surface area contributed by atoms with Crippen molar-refractivity contribution in [2.75, 3.05) is 25.1 Å². The van der Waals surface area contributed by atoms with Gasteiger partial charge >= 0.3 is 0 Å². The second-order valence-electron chi connectivity index (χ2n) is 4.15. The fourth-order valence-electron chi connectivity index (χ4n) is 1.83. The Bertz CT molecular complexity index is 464. The largest absolute Gasteiger partial charge is 0.381 e. The van der Waals surface area contributed by atoms with Crippen molar-refractivity contribution in [3.8, 4) is 0 Å². The molecule has 1 unspecified atom stereocenters. The van der Waals surface area contributed by atoms with Gasteiger partial charge in [0.25, 0.3) is 5.69 Å². The molecular formula is C11H12ClFN2O3. The zero-order valence-electron chi connectivity index (χ0n) is 9.49. The molecule has 98 valence electrons. The first-order valence-corrected chi connectivity index (χ1v) is 5.91. The minimum Gasteiger partial charge on any atom is -0.381 e. The average molecular weight is 275 g/mol. The summed E-state index contributed by atoms with van der Waals surface area (Å²) in [5.74, 6) is -0.379. The fourth-order valence-corrected chi connectivity index (χ4v) is 1.99. The van der Waals surface area contributed by atoms with Crippen LogP contribution >= 0.6 is 11.6 Å². The standard InChI is InChI=1S/C11H12ClFN2O3/c12-8-3-11(15(16)17)10(4-9(8)13)14-5-7-1-2-18-6-7/h3-4,7,14H,1-2,5-6H2. The zero-order valence-corrected chi connectivity index (χ0v) is 10.2. The Labute approximate surface area is 108 Å². The van der Waals surface area contributed by atoms with Gasteiger partial charge in [-0.05, 0) is 6.42 Å². The monoisotopic (exact) mass is 274 g/mol. The molecule has 1 heterocycles. The van der Waals surface area contributed by atoms with E-state index in [2.05, 4.69) is 5.32 Å². The van der Waals surface area contributed by atoms with Crippen LogP contribution in [0.5, 0.6) is 0 Å². The van der Waals surface area contributed by atoms with Crippen LogP contribution in [0, 0.1) is 21.8 Å². The molecule has 1 aromatic carbocycles. The lowest BCUT2D eigenvalue weighted by atomic mass is 10.1. The summed E-state index contributed by atoms with van der Waals surface area (Å²) in [7, 11) is 0. The molecule has 0 bridgehead atoms. The van der Waals surface area contributed by atoms with E-state index in [-0.39, 0.29) is 16.4 Å². The SMILES string of the molecule is O=[N+]([O-])c1cc(Cl)c(F)cc1NCC1CCOC1. The Kier molecular flexibility index (Phi) is 3.98. The van der Waals surface area contributed by atoms with Crippen molar-refractivity contribution in [2.24, 2.45) is 5.92 Å². The molecule has 5 nitrogen and oxygen atoms in total. The van der Waals surface area contributed by atoms with Crippen molar-refractivity contribution in [3.63, 3.8) is 0 Å². The molecule has 0 saturated carbocycles. The predicted molar refractivity (Wildman–Crippen MR) is 65.5 cm³/mol. The van der Waals surface area contributed by atoms with Crippen molar-refractivity contribution in [3.05, 3.63) is 33.1 Å². The topological polar surface area (TPSA) is 64.4 Å². The summed E-state index contributed by atoms with van der Waals surface area (Å²) in [6, 6.07) is 2.07. The van der Waals surface area contributed by atoms with Gasteiger partial charge < -0.3 is 10.1 Å². The number of halogens is 2. The van der Waals surface area contributed by atoms with Gasteiger partial charge in [0, 0.05) is 31.2 Å². The number of hydrogen-bond donors (Lipinski definition) is 1. The lowest BCUT2D eigenvalue weighted by Gasteiger charge is -2.11. The molecule has 0 aliphatic carbocycles. The van der Waals surface area contributed by atoms with Crippen LogP contribution in [0.1, 0.15) is 6.42 Å². The molecule has 2 rings (SSSR count). The summed E-state index contributed by atoms with van der Waals surface area (Å²) in [6.07, 6.45) is 0.900. The van der Waals surface area contributed by atoms with Crippen LogP contribution in [0.3, 0.4) is 0 Å². The molecule has 1 aliphatic heterocycles. The third-order valence-corrected chi connectivity index (χ3v) is 3.13. The molecule has 0 amide bonds. The number of nitrogens with zero attached hydrogens (tertiary/aromatic N) is 1. The van der Waals surface area contributed by atoms with Gasteiger partial charge in [-0.3, -0.25) is 10.1 Å². The molecule has 0 spiro atoms. The summed E-state index contributed by atoms with van der Waals surface area (Å²) in [4.78, 5) is 10.3. The van der Waals surface area contributed by atoms with Gasteiger partial charge in [0.15, 0.2) is 0 Å². The Morgan fingerprint density at radius 1 is 1.61 bits per heavy atom. The number of rotatable bonds is 4. The zero-order chi connectivity index (χ0) is 13.1. The first-order valence-electron chi connectivity index (χ1n) is 5.53. The summed E-state index contributed by atoms with van der Waals surface area (Å²) in [5.41, 5.74) is -0.0749. The van der Waals surface area contributed by atoms with E-state index in [4.69, 9.17) is 16.3 Å². The molecule has 1 aromatic rings. The van der Waals surface area contributed by atoms with E-state index < -0.39 is 10.7 Å². The van der Waals surface area contributed by atoms with Gasteiger partial charge in [-0.25, -0.2) is 4.39 Å². The number of nitro groups is 1. The maximum absolute atomic E-state index is 13.3. The van der Waals surface area contributed by atoms with Crippen molar-refractivity contribution >= 4 is 23.0 Å². The molecule has 1 aliphatic rings. The van der Waals surface area contributed by atoms with Crippen molar-refractivity contribution in [1.29, 1.82) is 0 Å². The molecular weight excluding hydrogens is 263 g/mol. The van der Waals surface area contributed by atoms with Crippen LogP contribution in [0.25, 0.3) is 0 Å². The predicted octanol–water partition coefficient (Wildman–Crippen LogP) is 2.84. The molecule has 0 radical (unpaired) electrons. The minimum absolute atomic E-state index is 0.147. The van der Waals surface area contributed by atoms with E-state index in [1.54, 1.807) is 0 Å². The first kappa shape index (κ1) is 13.0. The Hall–Kier alpha value is -1.40. The smallest absolute Gasteiger partial charge is 0.294 e. The lowest BCUT2D eigenvalue weighted by Crippen LogP contribution is -2.15. The van der Waals surface area contributed by atoms with E-state index in [0.717, 1.165) is 18.6 Å². The Morgan fingerprint density at radius 3 is 3.00 bits per heavy atom.